The van der Waals surface area contributed by atoms with Gasteiger partial charge in [0.1, 0.15) is 24.2 Å². The number of primary amides is 1. The van der Waals surface area contributed by atoms with Gasteiger partial charge in [-0.1, -0.05) is 72.6 Å². The van der Waals surface area contributed by atoms with Gasteiger partial charge >= 0.3 is 0 Å². The Kier molecular flexibility index (Phi) is 23.0. The van der Waals surface area contributed by atoms with Crippen molar-refractivity contribution in [2.75, 3.05) is 32.1 Å². The lowest BCUT2D eigenvalue weighted by atomic mass is 9.91. The van der Waals surface area contributed by atoms with E-state index in [0.29, 0.717) is 48.5 Å². The number of ether oxygens (including phenoxy) is 1. The Morgan fingerprint density at radius 1 is 1.02 bits per heavy atom. The standard InChI is InChI=1S/C31H46FN3O4.C7H11N3O.2C2H6/c1-5-7-9-17-35(16-8-6-2)31(38)30(34-29(37)20-39-4)21(3)24-14-15-27(26(32)18-24)33-28(36)19-25(22-10-11-22)23-12-13-23;1-5(2)10-6(7(8)11)3-4-9-10;2*1-2/h6,8,14-15,18,21-23,25,30H,5,7,9-13,16-17,19-20H2,1-4H3,(H,33,36)(H,34,37);3-5H,1-2H3,(H2,8,11);2*1-2H3/b8-6-;;;. The van der Waals surface area contributed by atoms with Crippen molar-refractivity contribution < 1.29 is 28.3 Å². The number of amides is 4. The molecule has 304 valence electrons. The molecule has 12 heteroatoms. The molecule has 11 nitrogen and oxygen atoms in total. The minimum Gasteiger partial charge on any atom is -0.375 e. The van der Waals surface area contributed by atoms with Gasteiger partial charge in [0.2, 0.25) is 17.7 Å². The van der Waals surface area contributed by atoms with Crippen molar-refractivity contribution in [1.82, 2.24) is 20.0 Å². The summed E-state index contributed by atoms with van der Waals surface area (Å²) in [4.78, 5) is 51.4. The van der Waals surface area contributed by atoms with E-state index in [1.165, 1.54) is 38.9 Å². The number of nitrogens with two attached hydrogens (primary N) is 1. The molecule has 2 aromatic rings. The summed E-state index contributed by atoms with van der Waals surface area (Å²) >= 11 is 0. The number of hydrogen-bond donors (Lipinski definition) is 3. The zero-order chi connectivity index (χ0) is 40.8. The second-order valence-electron chi connectivity index (χ2n) is 13.8. The summed E-state index contributed by atoms with van der Waals surface area (Å²) in [5.74, 6) is -0.560. The molecule has 0 aliphatic heterocycles. The molecule has 1 aromatic carbocycles. The zero-order valence-electron chi connectivity index (χ0n) is 34.6. The van der Waals surface area contributed by atoms with Crippen molar-refractivity contribution in [3.63, 3.8) is 0 Å². The number of anilines is 1. The largest absolute Gasteiger partial charge is 0.375 e. The first-order valence-corrected chi connectivity index (χ1v) is 20.0. The van der Waals surface area contributed by atoms with E-state index in [4.69, 9.17) is 10.5 Å². The lowest BCUT2D eigenvalue weighted by Gasteiger charge is -2.31. The van der Waals surface area contributed by atoms with E-state index in [9.17, 15) is 19.2 Å². The van der Waals surface area contributed by atoms with Crippen LogP contribution in [0.4, 0.5) is 10.1 Å². The first-order chi connectivity index (χ1) is 25.9. The van der Waals surface area contributed by atoms with Crippen molar-refractivity contribution >= 4 is 29.3 Å². The van der Waals surface area contributed by atoms with Gasteiger partial charge in [0, 0.05) is 44.8 Å². The Labute approximate surface area is 324 Å². The molecule has 54 heavy (non-hydrogen) atoms. The van der Waals surface area contributed by atoms with Gasteiger partial charge in [0.05, 0.1) is 5.69 Å². The molecule has 2 atom stereocenters. The molecular formula is C42H69FN6O5. The van der Waals surface area contributed by atoms with Gasteiger partial charge in [-0.25, -0.2) is 4.39 Å². The first kappa shape index (κ1) is 48.0. The number of benzene rings is 1. The van der Waals surface area contributed by atoms with Crippen LogP contribution in [-0.4, -0.2) is 71.2 Å². The average Bonchev–Trinajstić information content (AvgIpc) is 4.11. The summed E-state index contributed by atoms with van der Waals surface area (Å²) in [6, 6.07) is 5.53. The van der Waals surface area contributed by atoms with Crippen LogP contribution in [-0.2, 0) is 19.1 Å². The van der Waals surface area contributed by atoms with Crippen molar-refractivity contribution in [1.29, 1.82) is 0 Å². The number of allylic oxidation sites excluding steroid dienone is 1. The maximum Gasteiger partial charge on any atom is 0.266 e. The Morgan fingerprint density at radius 2 is 1.65 bits per heavy atom. The van der Waals surface area contributed by atoms with Crippen LogP contribution in [0.2, 0.25) is 0 Å². The van der Waals surface area contributed by atoms with Crippen LogP contribution >= 0.6 is 0 Å². The maximum absolute atomic E-state index is 15.2. The Hall–Kier alpha value is -4.06. The highest BCUT2D eigenvalue weighted by Crippen LogP contribution is 2.50. The molecule has 1 heterocycles. The third kappa shape index (κ3) is 16.1. The van der Waals surface area contributed by atoms with E-state index in [2.05, 4.69) is 22.7 Å². The fourth-order valence-corrected chi connectivity index (χ4v) is 6.23. The van der Waals surface area contributed by atoms with E-state index in [-0.39, 0.29) is 30.2 Å². The average molecular weight is 757 g/mol. The molecule has 2 aliphatic rings. The predicted molar refractivity (Wildman–Crippen MR) is 216 cm³/mol. The van der Waals surface area contributed by atoms with E-state index in [0.717, 1.165) is 19.3 Å². The molecule has 2 aliphatic carbocycles. The summed E-state index contributed by atoms with van der Waals surface area (Å²) in [5, 5.41) is 9.53. The van der Waals surface area contributed by atoms with Gasteiger partial charge in [-0.3, -0.25) is 23.9 Å². The van der Waals surface area contributed by atoms with Gasteiger partial charge < -0.3 is 26.0 Å². The van der Waals surface area contributed by atoms with Gasteiger partial charge in [-0.2, -0.15) is 5.10 Å². The SMILES string of the molecule is C/C=C\CN(CCCCC)C(=O)C(NC(=O)COC)C(C)c1ccc(NC(=O)CC(C2CC2)C2CC2)c(F)c1.CC.CC.CC(C)n1nccc1C(N)=O. The number of carbonyl (C=O) groups is 4. The Morgan fingerprint density at radius 3 is 2.13 bits per heavy atom. The molecule has 4 N–H and O–H groups in total. The van der Waals surface area contributed by atoms with Gasteiger partial charge in [-0.15, -0.1) is 0 Å². The summed E-state index contributed by atoms with van der Waals surface area (Å²) in [7, 11) is 1.42. The molecular weight excluding hydrogens is 687 g/mol. The summed E-state index contributed by atoms with van der Waals surface area (Å²) in [6.45, 7) is 18.5. The van der Waals surface area contributed by atoms with E-state index in [1.807, 2.05) is 60.6 Å². The van der Waals surface area contributed by atoms with Gasteiger partial charge in [-0.05, 0) is 94.4 Å². The molecule has 2 fully saturated rings. The highest BCUT2D eigenvalue weighted by Gasteiger charge is 2.42. The number of carbonyl (C=O) groups excluding carboxylic acids is 4. The fourth-order valence-electron chi connectivity index (χ4n) is 6.23. The molecule has 1 aromatic heterocycles. The third-order valence-corrected chi connectivity index (χ3v) is 9.34. The van der Waals surface area contributed by atoms with Crippen molar-refractivity contribution in [2.24, 2.45) is 23.5 Å². The van der Waals surface area contributed by atoms with Crippen LogP contribution in [0.25, 0.3) is 0 Å². The quantitative estimate of drug-likeness (QED) is 0.0977. The topological polar surface area (TPSA) is 149 Å². The fraction of sp³-hybridized carbons (Fsp3) is 0.643. The van der Waals surface area contributed by atoms with Crippen LogP contribution in [0.1, 0.15) is 142 Å². The predicted octanol–water partition coefficient (Wildman–Crippen LogP) is 8.04. The summed E-state index contributed by atoms with van der Waals surface area (Å²) < 4.78 is 21.8. The number of hydrogen-bond acceptors (Lipinski definition) is 6. The Balaban J connectivity index is 0.000000817. The number of methoxy groups -OCH3 is 1. The number of halogens is 1. The monoisotopic (exact) mass is 757 g/mol. The van der Waals surface area contributed by atoms with E-state index >= 15 is 4.39 Å². The smallest absolute Gasteiger partial charge is 0.266 e. The lowest BCUT2D eigenvalue weighted by molar-refractivity contribution is -0.137. The van der Waals surface area contributed by atoms with E-state index < -0.39 is 29.6 Å². The van der Waals surface area contributed by atoms with Crippen LogP contribution in [0.5, 0.6) is 0 Å². The molecule has 2 unspecified atom stereocenters. The Bertz CT molecular complexity index is 1440. The first-order valence-electron chi connectivity index (χ1n) is 20.0. The summed E-state index contributed by atoms with van der Waals surface area (Å²) in [6.07, 6.45) is 13.5. The zero-order valence-corrected chi connectivity index (χ0v) is 34.6. The molecule has 4 rings (SSSR count). The number of rotatable bonds is 19. The van der Waals surface area contributed by atoms with Crippen LogP contribution in [0, 0.1) is 23.6 Å². The molecule has 0 bridgehead atoms. The minimum absolute atomic E-state index is 0.141. The van der Waals surface area contributed by atoms with Crippen LogP contribution in [0.15, 0.2) is 42.6 Å². The number of aromatic nitrogens is 2. The van der Waals surface area contributed by atoms with Crippen LogP contribution in [0.3, 0.4) is 0 Å². The summed E-state index contributed by atoms with van der Waals surface area (Å²) in [5.41, 5.74) is 6.26. The van der Waals surface area contributed by atoms with Crippen molar-refractivity contribution in [3.8, 4) is 0 Å². The van der Waals surface area contributed by atoms with Crippen molar-refractivity contribution in [2.45, 2.75) is 132 Å². The van der Waals surface area contributed by atoms with Gasteiger partial charge in [0.25, 0.3) is 5.91 Å². The number of nitrogens with zero attached hydrogens (tertiary/aromatic N) is 3. The molecule has 2 saturated carbocycles. The molecule has 4 amide bonds. The van der Waals surface area contributed by atoms with Crippen LogP contribution < -0.4 is 16.4 Å². The third-order valence-electron chi connectivity index (χ3n) is 9.34. The molecule has 0 spiro atoms. The second-order valence-corrected chi connectivity index (χ2v) is 13.8. The normalized spacial score (nSPS) is 14.5. The minimum atomic E-state index is -0.891. The maximum atomic E-state index is 15.2. The van der Waals surface area contributed by atoms with Gasteiger partial charge in [0.15, 0.2) is 0 Å². The lowest BCUT2D eigenvalue weighted by Crippen LogP contribution is -2.52. The molecule has 0 radical (unpaired) electrons. The van der Waals surface area contributed by atoms with E-state index in [1.54, 1.807) is 40.9 Å². The second kappa shape index (κ2) is 25.9. The molecule has 0 saturated heterocycles. The number of unbranched alkanes of at least 4 members (excludes halogenated alkanes) is 2. The number of nitrogens with one attached hydrogen (secondary N) is 2. The highest BCUT2D eigenvalue weighted by atomic mass is 19.1. The van der Waals surface area contributed by atoms with Crippen molar-refractivity contribution in [3.05, 3.63) is 59.7 Å². The highest BCUT2D eigenvalue weighted by molar-refractivity contribution is 5.92.